The fraction of sp³-hybridized carbons (Fsp3) is 0.133. The van der Waals surface area contributed by atoms with Crippen LogP contribution in [0.1, 0.15) is 21.6 Å². The predicted molar refractivity (Wildman–Crippen MR) is 89.7 cm³/mol. The number of halogens is 1. The maximum absolute atomic E-state index is 12.3. The number of hydrogen-bond donors (Lipinski definition) is 2. The number of aromatic nitrogens is 3. The van der Waals surface area contributed by atoms with E-state index in [0.717, 1.165) is 9.13 Å². The number of rotatable bonds is 3. The highest BCUT2D eigenvalue weighted by molar-refractivity contribution is 14.1. The number of nitrogens with zero attached hydrogens (tertiary/aromatic N) is 3. The van der Waals surface area contributed by atoms with Crippen LogP contribution >= 0.6 is 22.6 Å². The minimum absolute atomic E-state index is 0.0424. The van der Waals surface area contributed by atoms with Gasteiger partial charge in [0.15, 0.2) is 5.65 Å². The van der Waals surface area contributed by atoms with E-state index in [9.17, 15) is 9.90 Å². The molecule has 112 valence electrons. The van der Waals surface area contributed by atoms with Gasteiger partial charge in [-0.1, -0.05) is 12.1 Å². The van der Waals surface area contributed by atoms with Crippen LogP contribution in [0.5, 0.6) is 5.88 Å². The number of aromatic hydroxyl groups is 1. The van der Waals surface area contributed by atoms with Crippen LogP contribution in [-0.2, 0) is 6.54 Å². The van der Waals surface area contributed by atoms with Gasteiger partial charge >= 0.3 is 0 Å². The predicted octanol–water partition coefficient (Wildman–Crippen LogP) is 2.28. The smallest absolute Gasteiger partial charge is 0.257 e. The van der Waals surface area contributed by atoms with E-state index in [4.69, 9.17) is 0 Å². The van der Waals surface area contributed by atoms with Gasteiger partial charge in [-0.2, -0.15) is 9.61 Å². The Morgan fingerprint density at radius 1 is 1.36 bits per heavy atom. The van der Waals surface area contributed by atoms with Gasteiger partial charge in [-0.25, -0.2) is 4.98 Å². The van der Waals surface area contributed by atoms with E-state index in [1.165, 1.54) is 16.8 Å². The van der Waals surface area contributed by atoms with Gasteiger partial charge in [0, 0.05) is 21.9 Å². The van der Waals surface area contributed by atoms with E-state index >= 15 is 0 Å². The van der Waals surface area contributed by atoms with Gasteiger partial charge in [0.25, 0.3) is 5.91 Å². The number of benzene rings is 1. The van der Waals surface area contributed by atoms with E-state index in [2.05, 4.69) is 38.0 Å². The Kier molecular flexibility index (Phi) is 3.97. The van der Waals surface area contributed by atoms with Crippen molar-refractivity contribution in [3.63, 3.8) is 0 Å². The molecule has 0 bridgehead atoms. The molecule has 0 saturated carbocycles. The van der Waals surface area contributed by atoms with Crippen LogP contribution in [-0.4, -0.2) is 25.6 Å². The number of hydrogen-bond acceptors (Lipinski definition) is 4. The molecule has 0 atom stereocenters. The molecule has 22 heavy (non-hydrogen) atoms. The second-order valence-electron chi connectivity index (χ2n) is 4.86. The third-order valence-corrected chi connectivity index (χ3v) is 3.91. The monoisotopic (exact) mass is 408 g/mol. The number of carbonyl (C=O) groups excluding carboxylic acids is 1. The van der Waals surface area contributed by atoms with Gasteiger partial charge < -0.3 is 10.4 Å². The number of aryl methyl sites for hydroxylation is 1. The summed E-state index contributed by atoms with van der Waals surface area (Å²) in [4.78, 5) is 16.6. The van der Waals surface area contributed by atoms with Crippen molar-refractivity contribution in [2.24, 2.45) is 0 Å². The van der Waals surface area contributed by atoms with Crippen LogP contribution in [0.4, 0.5) is 0 Å². The minimum atomic E-state index is -0.272. The lowest BCUT2D eigenvalue weighted by atomic mass is 10.2. The van der Waals surface area contributed by atoms with Crippen molar-refractivity contribution < 1.29 is 9.90 Å². The summed E-state index contributed by atoms with van der Waals surface area (Å²) in [6, 6.07) is 9.40. The Bertz CT molecular complexity index is 843. The third-order valence-electron chi connectivity index (χ3n) is 3.19. The molecule has 3 aromatic rings. The lowest BCUT2D eigenvalue weighted by Gasteiger charge is -2.05. The number of fused-ring (bicyclic) bond motifs is 1. The maximum atomic E-state index is 12.3. The lowest BCUT2D eigenvalue weighted by Crippen LogP contribution is -2.22. The average Bonchev–Trinajstić information content (AvgIpc) is 2.90. The first-order valence-corrected chi connectivity index (χ1v) is 7.69. The normalized spacial score (nSPS) is 10.8. The van der Waals surface area contributed by atoms with E-state index in [0.29, 0.717) is 23.4 Å². The van der Waals surface area contributed by atoms with Gasteiger partial charge in [-0.15, -0.1) is 0 Å². The fourth-order valence-electron chi connectivity index (χ4n) is 2.10. The summed E-state index contributed by atoms with van der Waals surface area (Å²) < 4.78 is 2.39. The van der Waals surface area contributed by atoms with Crippen LogP contribution in [0, 0.1) is 10.5 Å². The topological polar surface area (TPSA) is 79.5 Å². The van der Waals surface area contributed by atoms with Crippen LogP contribution in [0.25, 0.3) is 5.65 Å². The van der Waals surface area contributed by atoms with Crippen molar-refractivity contribution >= 4 is 34.1 Å². The Morgan fingerprint density at radius 3 is 2.82 bits per heavy atom. The van der Waals surface area contributed by atoms with Crippen molar-refractivity contribution in [3.05, 3.63) is 56.9 Å². The molecule has 7 heteroatoms. The van der Waals surface area contributed by atoms with E-state index < -0.39 is 0 Å². The van der Waals surface area contributed by atoms with Gasteiger partial charge in [0.1, 0.15) is 5.56 Å². The summed E-state index contributed by atoms with van der Waals surface area (Å²) in [5, 5.41) is 16.6. The molecule has 1 amide bonds. The van der Waals surface area contributed by atoms with Gasteiger partial charge in [-0.3, -0.25) is 4.79 Å². The molecular formula is C15H13IN4O2. The maximum Gasteiger partial charge on any atom is 0.257 e. The SMILES string of the molecule is Cc1cc(O)n2ncc(C(=O)NCc3ccc(I)cc3)c2n1. The molecule has 0 aliphatic carbocycles. The van der Waals surface area contributed by atoms with Crippen LogP contribution < -0.4 is 5.32 Å². The zero-order valence-corrected chi connectivity index (χ0v) is 13.9. The first-order valence-electron chi connectivity index (χ1n) is 6.61. The molecule has 2 heterocycles. The Hall–Kier alpha value is -2.16. The van der Waals surface area contributed by atoms with Gasteiger partial charge in [-0.05, 0) is 47.2 Å². The second-order valence-corrected chi connectivity index (χ2v) is 6.10. The number of carbonyl (C=O) groups is 1. The summed E-state index contributed by atoms with van der Waals surface area (Å²) >= 11 is 2.23. The number of amides is 1. The highest BCUT2D eigenvalue weighted by atomic mass is 127. The molecule has 0 radical (unpaired) electrons. The molecular weight excluding hydrogens is 395 g/mol. The number of nitrogens with one attached hydrogen (secondary N) is 1. The molecule has 6 nitrogen and oxygen atoms in total. The molecule has 0 saturated heterocycles. The van der Waals surface area contributed by atoms with Gasteiger partial charge in [0.2, 0.25) is 5.88 Å². The fourth-order valence-corrected chi connectivity index (χ4v) is 2.46. The van der Waals surface area contributed by atoms with Crippen molar-refractivity contribution in [2.45, 2.75) is 13.5 Å². The highest BCUT2D eigenvalue weighted by Crippen LogP contribution is 2.16. The molecule has 1 aromatic carbocycles. The third kappa shape index (κ3) is 2.89. The Labute approximate surface area is 140 Å². The van der Waals surface area contributed by atoms with E-state index in [-0.39, 0.29) is 11.8 Å². The quantitative estimate of drug-likeness (QED) is 0.652. The first-order chi connectivity index (χ1) is 10.5. The summed E-state index contributed by atoms with van der Waals surface area (Å²) in [6.07, 6.45) is 1.41. The molecule has 0 unspecified atom stereocenters. The Morgan fingerprint density at radius 2 is 2.09 bits per heavy atom. The molecule has 2 N–H and O–H groups in total. The summed E-state index contributed by atoms with van der Waals surface area (Å²) in [7, 11) is 0. The van der Waals surface area contributed by atoms with E-state index in [1.807, 2.05) is 24.3 Å². The van der Waals surface area contributed by atoms with Crippen molar-refractivity contribution in [2.75, 3.05) is 0 Å². The summed E-state index contributed by atoms with van der Waals surface area (Å²) in [6.45, 7) is 2.17. The lowest BCUT2D eigenvalue weighted by molar-refractivity contribution is 0.0952. The van der Waals surface area contributed by atoms with Crippen LogP contribution in [0.3, 0.4) is 0 Å². The molecule has 0 aliphatic heterocycles. The highest BCUT2D eigenvalue weighted by Gasteiger charge is 2.16. The average molecular weight is 408 g/mol. The standard InChI is InChI=1S/C15H13IN4O2/c1-9-6-13(21)20-14(19-9)12(8-18-20)15(22)17-7-10-2-4-11(16)5-3-10/h2-6,8,21H,7H2,1H3,(H,17,22). The first kappa shape index (κ1) is 14.8. The zero-order valence-electron chi connectivity index (χ0n) is 11.7. The van der Waals surface area contributed by atoms with Crippen LogP contribution in [0.2, 0.25) is 0 Å². The largest absolute Gasteiger partial charge is 0.493 e. The van der Waals surface area contributed by atoms with Crippen molar-refractivity contribution in [1.82, 2.24) is 19.9 Å². The van der Waals surface area contributed by atoms with Crippen molar-refractivity contribution in [1.29, 1.82) is 0 Å². The van der Waals surface area contributed by atoms with Crippen LogP contribution in [0.15, 0.2) is 36.5 Å². The molecule has 3 rings (SSSR count). The summed E-state index contributed by atoms with van der Waals surface area (Å²) in [5.74, 6) is -0.315. The Balaban J connectivity index is 1.82. The van der Waals surface area contributed by atoms with E-state index in [1.54, 1.807) is 6.92 Å². The second kappa shape index (κ2) is 5.91. The molecule has 0 spiro atoms. The van der Waals surface area contributed by atoms with Gasteiger partial charge in [0.05, 0.1) is 6.20 Å². The summed E-state index contributed by atoms with van der Waals surface area (Å²) in [5.41, 5.74) is 2.32. The molecule has 0 fully saturated rings. The van der Waals surface area contributed by atoms with Crippen molar-refractivity contribution in [3.8, 4) is 5.88 Å². The minimum Gasteiger partial charge on any atom is -0.493 e. The molecule has 0 aliphatic rings. The molecule has 2 aromatic heterocycles. The zero-order chi connectivity index (χ0) is 15.7.